The number of benzene rings is 1. The van der Waals surface area contributed by atoms with Crippen LogP contribution in [0.2, 0.25) is 0 Å². The Hall–Kier alpha value is -2.41. The second kappa shape index (κ2) is 11.3. The summed E-state index contributed by atoms with van der Waals surface area (Å²) in [4.78, 5) is 24.8. The Morgan fingerprint density at radius 1 is 1.23 bits per heavy atom. The van der Waals surface area contributed by atoms with Gasteiger partial charge in [-0.15, -0.1) is 0 Å². The third-order valence-electron chi connectivity index (χ3n) is 3.91. The van der Waals surface area contributed by atoms with Gasteiger partial charge in [-0.2, -0.15) is 0 Å². The first-order valence-electron chi connectivity index (χ1n) is 9.00. The molecule has 0 unspecified atom stereocenters. The van der Waals surface area contributed by atoms with Crippen LogP contribution in [0.4, 0.5) is 5.69 Å². The van der Waals surface area contributed by atoms with Gasteiger partial charge in [-0.3, -0.25) is 10.1 Å². The van der Waals surface area contributed by atoms with E-state index in [0.717, 1.165) is 38.6 Å². The number of carbonyl (C=O) groups excluding carboxylic acids is 1. The minimum Gasteiger partial charge on any atom is -0.502 e. The maximum absolute atomic E-state index is 11.7. The molecule has 144 valence electrons. The number of esters is 1. The molecule has 0 atom stereocenters. The summed E-state index contributed by atoms with van der Waals surface area (Å²) in [5, 5.41) is 21.3. The quantitative estimate of drug-likeness (QED) is 0.211. The molecule has 7 heteroatoms. The fourth-order valence-corrected chi connectivity index (χ4v) is 2.79. The molecule has 0 aliphatic carbocycles. The molecule has 1 rings (SSSR count). The average Bonchev–Trinajstić information content (AvgIpc) is 2.60. The zero-order chi connectivity index (χ0) is 19.5. The fourth-order valence-electron chi connectivity index (χ4n) is 2.79. The molecule has 1 aromatic carbocycles. The van der Waals surface area contributed by atoms with Crippen molar-refractivity contribution in [1.29, 1.82) is 0 Å². The largest absolute Gasteiger partial charge is 0.502 e. The van der Waals surface area contributed by atoms with Gasteiger partial charge in [-0.25, -0.2) is 4.79 Å². The van der Waals surface area contributed by atoms with E-state index in [-0.39, 0.29) is 17.9 Å². The van der Waals surface area contributed by atoms with Crippen molar-refractivity contribution in [3.05, 3.63) is 45.2 Å². The van der Waals surface area contributed by atoms with Gasteiger partial charge in [0.2, 0.25) is 5.76 Å². The average molecular weight is 364 g/mol. The predicted octanol–water partition coefficient (Wildman–Crippen LogP) is 3.72. The van der Waals surface area contributed by atoms with Crippen LogP contribution in [-0.4, -0.2) is 47.1 Å². The summed E-state index contributed by atoms with van der Waals surface area (Å²) < 4.78 is 4.74. The molecule has 0 amide bonds. The molecule has 1 N–H and O–H groups in total. The number of carbonyl (C=O) groups is 1. The van der Waals surface area contributed by atoms with E-state index in [1.807, 2.05) is 0 Å². The van der Waals surface area contributed by atoms with Gasteiger partial charge in [-0.1, -0.05) is 26.0 Å². The first kappa shape index (κ1) is 21.6. The van der Waals surface area contributed by atoms with E-state index in [4.69, 9.17) is 4.74 Å². The lowest BCUT2D eigenvalue weighted by Gasteiger charge is -2.21. The van der Waals surface area contributed by atoms with Crippen molar-refractivity contribution in [2.24, 2.45) is 0 Å². The van der Waals surface area contributed by atoms with E-state index in [1.54, 1.807) is 19.1 Å². The van der Waals surface area contributed by atoms with E-state index < -0.39 is 16.7 Å². The van der Waals surface area contributed by atoms with Crippen LogP contribution in [0.1, 0.15) is 44.7 Å². The number of aliphatic hydroxyl groups excluding tert-OH is 1. The molecule has 0 aromatic heterocycles. The lowest BCUT2D eigenvalue weighted by molar-refractivity contribution is -0.385. The number of hydrogen-bond acceptors (Lipinski definition) is 6. The van der Waals surface area contributed by atoms with Gasteiger partial charge < -0.3 is 14.7 Å². The summed E-state index contributed by atoms with van der Waals surface area (Å²) in [5.74, 6) is -1.53. The van der Waals surface area contributed by atoms with Crippen molar-refractivity contribution < 1.29 is 19.6 Å². The lowest BCUT2D eigenvalue weighted by atomic mass is 10.0. The molecule has 0 bridgehead atoms. The summed E-state index contributed by atoms with van der Waals surface area (Å²) in [6.45, 7) is 8.64. The predicted molar refractivity (Wildman–Crippen MR) is 101 cm³/mol. The topological polar surface area (TPSA) is 92.9 Å². The fraction of sp³-hybridized carbons (Fsp3) is 0.526. The summed E-state index contributed by atoms with van der Waals surface area (Å²) >= 11 is 0. The van der Waals surface area contributed by atoms with Crippen molar-refractivity contribution in [2.45, 2.75) is 40.0 Å². The van der Waals surface area contributed by atoms with E-state index in [9.17, 15) is 20.0 Å². The molecule has 0 saturated carbocycles. The summed E-state index contributed by atoms with van der Waals surface area (Å²) in [6, 6.07) is 4.77. The second-order valence-electron chi connectivity index (χ2n) is 5.95. The summed E-state index contributed by atoms with van der Waals surface area (Å²) in [7, 11) is 0. The number of hydrogen-bond donors (Lipinski definition) is 1. The number of ether oxygens (including phenoxy) is 1. The highest BCUT2D eigenvalue weighted by Crippen LogP contribution is 2.25. The molecular weight excluding hydrogens is 336 g/mol. The third-order valence-corrected chi connectivity index (χ3v) is 3.91. The Morgan fingerprint density at radius 3 is 2.42 bits per heavy atom. The molecule has 0 spiro atoms. The Kier molecular flexibility index (Phi) is 9.36. The first-order valence-corrected chi connectivity index (χ1v) is 9.00. The van der Waals surface area contributed by atoms with Crippen molar-refractivity contribution in [1.82, 2.24) is 4.90 Å². The Labute approximate surface area is 154 Å². The Morgan fingerprint density at radius 2 is 1.88 bits per heavy atom. The molecule has 0 aliphatic rings. The zero-order valence-electron chi connectivity index (χ0n) is 15.7. The third kappa shape index (κ3) is 6.48. The minimum absolute atomic E-state index is 0.115. The smallest absolute Gasteiger partial charge is 0.373 e. The lowest BCUT2D eigenvalue weighted by Crippen LogP contribution is -2.28. The maximum atomic E-state index is 11.7. The van der Waals surface area contributed by atoms with Crippen LogP contribution in [0.25, 0.3) is 6.08 Å². The normalized spacial score (nSPS) is 11.6. The highest BCUT2D eigenvalue weighted by molar-refractivity contribution is 5.92. The molecule has 0 aliphatic heterocycles. The van der Waals surface area contributed by atoms with E-state index >= 15 is 0 Å². The van der Waals surface area contributed by atoms with Gasteiger partial charge in [0.1, 0.15) is 0 Å². The Balaban J connectivity index is 3.15. The van der Waals surface area contributed by atoms with E-state index in [0.29, 0.717) is 12.0 Å². The van der Waals surface area contributed by atoms with Crippen LogP contribution in [0.3, 0.4) is 0 Å². The molecule has 26 heavy (non-hydrogen) atoms. The number of nitro groups is 1. The summed E-state index contributed by atoms with van der Waals surface area (Å²) in [6.07, 6.45) is 3.79. The van der Waals surface area contributed by atoms with Gasteiger partial charge in [0.15, 0.2) is 0 Å². The number of nitro benzene ring substituents is 1. The van der Waals surface area contributed by atoms with Gasteiger partial charge >= 0.3 is 5.97 Å². The molecule has 1 aromatic rings. The van der Waals surface area contributed by atoms with Crippen LogP contribution in [-0.2, 0) is 16.0 Å². The standard InChI is InChI=1S/C19H28N2O5/c1-4-11-20(12-5-2)13-10-15-8-7-9-17(21(24)25)16(15)14-18(22)19(23)26-6-3/h7-9,14,22H,4-6,10-13H2,1-3H3/b18-14-. The SMILES string of the molecule is CCCN(CCC)CCc1cccc([N+](=O)[O-])c1/C=C(\O)C(=O)OCC. The highest BCUT2D eigenvalue weighted by atomic mass is 16.6. The number of nitrogens with zero attached hydrogens (tertiary/aromatic N) is 2. The summed E-state index contributed by atoms with van der Waals surface area (Å²) in [5.41, 5.74) is 0.819. The van der Waals surface area contributed by atoms with Crippen LogP contribution in [0.15, 0.2) is 24.0 Å². The second-order valence-corrected chi connectivity index (χ2v) is 5.95. The first-order chi connectivity index (χ1) is 12.4. The van der Waals surface area contributed by atoms with Crippen LogP contribution >= 0.6 is 0 Å². The molecule has 7 nitrogen and oxygen atoms in total. The molecule has 0 fully saturated rings. The molecule has 0 radical (unpaired) electrons. The monoisotopic (exact) mass is 364 g/mol. The van der Waals surface area contributed by atoms with Crippen LogP contribution < -0.4 is 0 Å². The highest BCUT2D eigenvalue weighted by Gasteiger charge is 2.19. The Bertz CT molecular complexity index is 637. The van der Waals surface area contributed by atoms with E-state index in [2.05, 4.69) is 18.7 Å². The van der Waals surface area contributed by atoms with Crippen molar-refractivity contribution in [3.63, 3.8) is 0 Å². The molecule has 0 heterocycles. The van der Waals surface area contributed by atoms with Gasteiger partial charge in [0, 0.05) is 18.7 Å². The van der Waals surface area contributed by atoms with Gasteiger partial charge in [-0.05, 0) is 44.8 Å². The van der Waals surface area contributed by atoms with Crippen LogP contribution in [0.5, 0.6) is 0 Å². The number of rotatable bonds is 11. The van der Waals surface area contributed by atoms with Crippen molar-refractivity contribution in [3.8, 4) is 0 Å². The van der Waals surface area contributed by atoms with Crippen molar-refractivity contribution >= 4 is 17.7 Å². The van der Waals surface area contributed by atoms with E-state index in [1.165, 1.54) is 6.07 Å². The van der Waals surface area contributed by atoms with Crippen LogP contribution in [0, 0.1) is 10.1 Å². The zero-order valence-corrected chi connectivity index (χ0v) is 15.7. The van der Waals surface area contributed by atoms with Gasteiger partial charge in [0.05, 0.1) is 17.1 Å². The molecular formula is C19H28N2O5. The molecule has 0 saturated heterocycles. The number of aliphatic hydroxyl groups is 1. The minimum atomic E-state index is -0.893. The van der Waals surface area contributed by atoms with Gasteiger partial charge in [0.25, 0.3) is 5.69 Å². The van der Waals surface area contributed by atoms with Crippen molar-refractivity contribution in [2.75, 3.05) is 26.2 Å². The maximum Gasteiger partial charge on any atom is 0.373 e.